The van der Waals surface area contributed by atoms with Gasteiger partial charge in [-0.3, -0.25) is 4.99 Å². The van der Waals surface area contributed by atoms with Gasteiger partial charge in [-0.2, -0.15) is 0 Å². The van der Waals surface area contributed by atoms with Crippen molar-refractivity contribution in [3.63, 3.8) is 0 Å². The predicted molar refractivity (Wildman–Crippen MR) is 87.1 cm³/mol. The average molecular weight is 383 g/mol. The first-order valence-corrected chi connectivity index (χ1v) is 6.99. The van der Waals surface area contributed by atoms with Gasteiger partial charge in [-0.15, -0.1) is 24.0 Å². The van der Waals surface area contributed by atoms with E-state index in [1.54, 1.807) is 0 Å². The van der Waals surface area contributed by atoms with Crippen LogP contribution < -0.4 is 5.73 Å². The quantitative estimate of drug-likeness (QED) is 0.328. The highest BCUT2D eigenvalue weighted by Crippen LogP contribution is 2.24. The number of nitrogens with zero attached hydrogens (tertiary/aromatic N) is 2. The fourth-order valence-electron chi connectivity index (χ4n) is 2.11. The van der Waals surface area contributed by atoms with Crippen LogP contribution >= 0.6 is 24.0 Å². The molecule has 5 nitrogen and oxygen atoms in total. The van der Waals surface area contributed by atoms with Gasteiger partial charge in [-0.1, -0.05) is 0 Å². The molecule has 6 heteroatoms. The molecule has 1 saturated heterocycles. The van der Waals surface area contributed by atoms with E-state index in [9.17, 15) is 0 Å². The predicted octanol–water partition coefficient (Wildman–Crippen LogP) is 1.60. The fourth-order valence-corrected chi connectivity index (χ4v) is 2.11. The largest absolute Gasteiger partial charge is 0.381 e. The summed E-state index contributed by atoms with van der Waals surface area (Å²) in [6.07, 6.45) is 5.87. The van der Waals surface area contributed by atoms with E-state index in [1.807, 2.05) is 7.05 Å². The topological polar surface area (TPSA) is 60.1 Å². The molecule has 2 aliphatic rings. The number of guanidine groups is 1. The maximum absolute atomic E-state index is 5.90. The molecule has 1 aliphatic carbocycles. The molecule has 0 bridgehead atoms. The summed E-state index contributed by atoms with van der Waals surface area (Å²) in [6.45, 7) is 3.20. The van der Waals surface area contributed by atoms with Crippen LogP contribution in [-0.2, 0) is 9.47 Å². The van der Waals surface area contributed by atoms with E-state index >= 15 is 0 Å². The van der Waals surface area contributed by atoms with Crippen LogP contribution in [-0.4, -0.2) is 56.4 Å². The molecule has 2 N–H and O–H groups in total. The molecule has 1 saturated carbocycles. The summed E-state index contributed by atoms with van der Waals surface area (Å²) in [7, 11) is 2.02. The van der Waals surface area contributed by atoms with Crippen molar-refractivity contribution in [3.05, 3.63) is 0 Å². The highest BCUT2D eigenvalue weighted by atomic mass is 127. The Bertz CT molecular complexity index is 279. The van der Waals surface area contributed by atoms with E-state index in [1.165, 1.54) is 12.8 Å². The number of hydrogen-bond donors (Lipinski definition) is 1. The zero-order valence-corrected chi connectivity index (χ0v) is 14.0. The van der Waals surface area contributed by atoms with Crippen molar-refractivity contribution in [2.75, 3.05) is 33.4 Å². The van der Waals surface area contributed by atoms with E-state index < -0.39 is 0 Å². The molecule has 0 unspecified atom stereocenters. The molecule has 0 aromatic rings. The third-order valence-electron chi connectivity index (χ3n) is 3.55. The number of halogens is 1. The molecule has 2 fully saturated rings. The second-order valence-electron chi connectivity index (χ2n) is 5.12. The number of ether oxygens (including phenoxy) is 2. The maximum atomic E-state index is 5.90. The molecule has 0 atom stereocenters. The molecule has 1 aliphatic heterocycles. The van der Waals surface area contributed by atoms with Gasteiger partial charge in [0, 0.05) is 39.5 Å². The third-order valence-corrected chi connectivity index (χ3v) is 3.55. The summed E-state index contributed by atoms with van der Waals surface area (Å²) in [4.78, 5) is 6.47. The van der Waals surface area contributed by atoms with Gasteiger partial charge < -0.3 is 20.1 Å². The standard InChI is InChI=1S/C13H25N3O2.HI/c1-16(11-3-4-11)13(14)15-7-2-8-18-12-5-9-17-10-6-12;/h11-12H,2-10H2,1H3,(H2,14,15);1H. The lowest BCUT2D eigenvalue weighted by Gasteiger charge is -2.22. The Labute approximate surface area is 132 Å². The van der Waals surface area contributed by atoms with Crippen LogP contribution in [0.4, 0.5) is 0 Å². The van der Waals surface area contributed by atoms with Crippen LogP contribution in [0.1, 0.15) is 32.1 Å². The van der Waals surface area contributed by atoms with Gasteiger partial charge in [0.15, 0.2) is 5.96 Å². The smallest absolute Gasteiger partial charge is 0.191 e. The Kier molecular flexibility index (Phi) is 8.01. The van der Waals surface area contributed by atoms with Gasteiger partial charge in [0.05, 0.1) is 6.10 Å². The van der Waals surface area contributed by atoms with E-state index in [0.717, 1.165) is 45.6 Å². The lowest BCUT2D eigenvalue weighted by molar-refractivity contribution is -0.0318. The van der Waals surface area contributed by atoms with E-state index in [0.29, 0.717) is 18.1 Å². The zero-order valence-electron chi connectivity index (χ0n) is 11.7. The molecule has 0 spiro atoms. The number of nitrogens with two attached hydrogens (primary N) is 1. The number of rotatable bonds is 6. The molecular weight excluding hydrogens is 357 g/mol. The van der Waals surface area contributed by atoms with E-state index in [2.05, 4.69) is 9.89 Å². The van der Waals surface area contributed by atoms with Crippen molar-refractivity contribution in [3.8, 4) is 0 Å². The summed E-state index contributed by atoms with van der Waals surface area (Å²) in [5.41, 5.74) is 5.90. The molecule has 0 aromatic heterocycles. The second kappa shape index (κ2) is 8.97. The van der Waals surface area contributed by atoms with Crippen molar-refractivity contribution >= 4 is 29.9 Å². The molecule has 0 aromatic carbocycles. The molecular formula is C13H26IN3O2. The summed E-state index contributed by atoms with van der Waals surface area (Å²) in [6, 6.07) is 0.632. The zero-order chi connectivity index (χ0) is 12.8. The second-order valence-corrected chi connectivity index (χ2v) is 5.12. The number of hydrogen-bond acceptors (Lipinski definition) is 3. The molecule has 0 amide bonds. The van der Waals surface area contributed by atoms with Crippen molar-refractivity contribution in [1.82, 2.24) is 4.90 Å². The highest BCUT2D eigenvalue weighted by molar-refractivity contribution is 14.0. The Balaban J connectivity index is 0.00000180. The van der Waals surface area contributed by atoms with E-state index in [-0.39, 0.29) is 24.0 Å². The van der Waals surface area contributed by atoms with Crippen LogP contribution in [0, 0.1) is 0 Å². The lowest BCUT2D eigenvalue weighted by Crippen LogP contribution is -2.35. The molecule has 0 radical (unpaired) electrons. The fraction of sp³-hybridized carbons (Fsp3) is 0.923. The normalized spacial score (nSPS) is 21.0. The minimum absolute atomic E-state index is 0. The summed E-state index contributed by atoms with van der Waals surface area (Å²) >= 11 is 0. The molecule has 1 heterocycles. The first kappa shape index (κ1) is 17.0. The van der Waals surface area contributed by atoms with Gasteiger partial charge >= 0.3 is 0 Å². The Hall–Kier alpha value is -0.0800. The van der Waals surface area contributed by atoms with Gasteiger partial charge in [0.2, 0.25) is 0 Å². The molecule has 19 heavy (non-hydrogen) atoms. The monoisotopic (exact) mass is 383 g/mol. The first-order chi connectivity index (χ1) is 8.77. The van der Waals surface area contributed by atoms with E-state index in [4.69, 9.17) is 15.2 Å². The lowest BCUT2D eigenvalue weighted by atomic mass is 10.1. The summed E-state index contributed by atoms with van der Waals surface area (Å²) < 4.78 is 11.1. The Morgan fingerprint density at radius 2 is 2.00 bits per heavy atom. The van der Waals surface area contributed by atoms with Crippen LogP contribution in [0.15, 0.2) is 4.99 Å². The minimum atomic E-state index is 0. The first-order valence-electron chi connectivity index (χ1n) is 6.99. The summed E-state index contributed by atoms with van der Waals surface area (Å²) in [5, 5.41) is 0. The van der Waals surface area contributed by atoms with Crippen molar-refractivity contribution in [1.29, 1.82) is 0 Å². The highest BCUT2D eigenvalue weighted by Gasteiger charge is 2.27. The van der Waals surface area contributed by atoms with Crippen LogP contribution in [0.25, 0.3) is 0 Å². The van der Waals surface area contributed by atoms with Crippen molar-refractivity contribution in [2.24, 2.45) is 10.7 Å². The van der Waals surface area contributed by atoms with Crippen molar-refractivity contribution in [2.45, 2.75) is 44.2 Å². The van der Waals surface area contributed by atoms with Crippen molar-refractivity contribution < 1.29 is 9.47 Å². The van der Waals surface area contributed by atoms with Gasteiger partial charge in [-0.05, 0) is 32.1 Å². The van der Waals surface area contributed by atoms with Gasteiger partial charge in [-0.25, -0.2) is 0 Å². The average Bonchev–Trinajstić information content (AvgIpc) is 3.23. The molecule has 2 rings (SSSR count). The SMILES string of the molecule is CN(C(N)=NCCCOC1CCOCC1)C1CC1.I. The third kappa shape index (κ3) is 6.27. The molecule has 112 valence electrons. The minimum Gasteiger partial charge on any atom is -0.381 e. The van der Waals surface area contributed by atoms with Crippen LogP contribution in [0.5, 0.6) is 0 Å². The maximum Gasteiger partial charge on any atom is 0.191 e. The number of aliphatic imine (C=N–C) groups is 1. The van der Waals surface area contributed by atoms with Crippen LogP contribution in [0.2, 0.25) is 0 Å². The van der Waals surface area contributed by atoms with Gasteiger partial charge in [0.25, 0.3) is 0 Å². The van der Waals surface area contributed by atoms with Gasteiger partial charge in [0.1, 0.15) is 0 Å². The van der Waals surface area contributed by atoms with Crippen LogP contribution in [0.3, 0.4) is 0 Å². The Morgan fingerprint density at radius 1 is 1.32 bits per heavy atom. The summed E-state index contributed by atoms with van der Waals surface area (Å²) in [5.74, 6) is 0.670. The Morgan fingerprint density at radius 3 is 2.63 bits per heavy atom.